The van der Waals surface area contributed by atoms with Crippen LogP contribution >= 0.6 is 12.4 Å². The molecule has 0 spiro atoms. The highest BCUT2D eigenvalue weighted by Gasteiger charge is 2.51. The number of hydrogen-bond donors (Lipinski definition) is 1. The van der Waals surface area contributed by atoms with Gasteiger partial charge in [-0.05, 0) is 18.9 Å². The molecule has 1 saturated carbocycles. The molecule has 1 aliphatic carbocycles. The second-order valence-corrected chi connectivity index (χ2v) is 2.76. The van der Waals surface area contributed by atoms with E-state index in [0.29, 0.717) is 11.8 Å². The number of fused-ring (bicyclic) bond motifs is 1. The molecule has 2 fully saturated rings. The fraction of sp³-hybridized carbons (Fsp3) is 1.00. The van der Waals surface area contributed by atoms with E-state index >= 15 is 0 Å². The Bertz CT molecular complexity index is 97.2. The third-order valence-electron chi connectivity index (χ3n) is 2.26. The van der Waals surface area contributed by atoms with Crippen molar-refractivity contribution in [3.63, 3.8) is 0 Å². The summed E-state index contributed by atoms with van der Waals surface area (Å²) in [4.78, 5) is 0. The summed E-state index contributed by atoms with van der Waals surface area (Å²) >= 11 is 0. The number of nitrogens with one attached hydrogen (secondary N) is 1. The van der Waals surface area contributed by atoms with E-state index in [4.69, 9.17) is 0 Å². The van der Waals surface area contributed by atoms with Crippen LogP contribution in [0, 0.1) is 11.8 Å². The van der Waals surface area contributed by atoms with E-state index in [9.17, 15) is 4.39 Å². The third kappa shape index (κ3) is 1.06. The van der Waals surface area contributed by atoms with Crippen molar-refractivity contribution < 1.29 is 4.39 Å². The van der Waals surface area contributed by atoms with Crippen LogP contribution in [0.4, 0.5) is 4.39 Å². The predicted molar refractivity (Wildman–Crippen MR) is 36.6 cm³/mol. The average Bonchev–Trinajstić information content (AvgIpc) is 2.46. The maximum absolute atomic E-state index is 12.4. The molecular formula is C6H11ClFN. The molecule has 0 aromatic carbocycles. The molecule has 2 aliphatic rings. The molecule has 3 unspecified atom stereocenters. The fourth-order valence-corrected chi connectivity index (χ4v) is 1.57. The van der Waals surface area contributed by atoms with E-state index in [1.165, 1.54) is 0 Å². The quantitative estimate of drug-likeness (QED) is 0.545. The van der Waals surface area contributed by atoms with E-state index in [-0.39, 0.29) is 12.4 Å². The van der Waals surface area contributed by atoms with Gasteiger partial charge in [0.1, 0.15) is 6.17 Å². The zero-order valence-electron chi connectivity index (χ0n) is 5.14. The summed E-state index contributed by atoms with van der Waals surface area (Å²) in [5.74, 6) is 0.833. The predicted octanol–water partition coefficient (Wildman–Crippen LogP) is 0.986. The maximum Gasteiger partial charge on any atom is 0.108 e. The Kier molecular flexibility index (Phi) is 1.97. The highest BCUT2D eigenvalue weighted by Crippen LogP contribution is 2.45. The van der Waals surface area contributed by atoms with Crippen molar-refractivity contribution in [2.24, 2.45) is 11.8 Å². The van der Waals surface area contributed by atoms with Crippen LogP contribution in [0.25, 0.3) is 0 Å². The number of halogens is 2. The van der Waals surface area contributed by atoms with Gasteiger partial charge in [0.25, 0.3) is 0 Å². The summed E-state index contributed by atoms with van der Waals surface area (Å²) in [6, 6.07) is 0. The molecule has 1 N–H and O–H groups in total. The van der Waals surface area contributed by atoms with Crippen LogP contribution in [0.3, 0.4) is 0 Å². The standard InChI is InChI=1S/C6H10FN.ClH/c7-6-4-1-2-8-3-5(4)6;/h4-6,8H,1-3H2;1H. The molecule has 9 heavy (non-hydrogen) atoms. The Morgan fingerprint density at radius 1 is 1.33 bits per heavy atom. The molecule has 0 aromatic heterocycles. The van der Waals surface area contributed by atoms with Crippen LogP contribution in [-0.4, -0.2) is 19.3 Å². The topological polar surface area (TPSA) is 12.0 Å². The first kappa shape index (κ1) is 7.29. The van der Waals surface area contributed by atoms with Gasteiger partial charge in [-0.2, -0.15) is 0 Å². The Morgan fingerprint density at radius 2 is 2.11 bits per heavy atom. The lowest BCUT2D eigenvalue weighted by Crippen LogP contribution is -2.23. The molecule has 1 aliphatic heterocycles. The van der Waals surface area contributed by atoms with Crippen molar-refractivity contribution in [2.75, 3.05) is 13.1 Å². The molecular weight excluding hydrogens is 141 g/mol. The van der Waals surface area contributed by atoms with E-state index in [1.807, 2.05) is 0 Å². The molecule has 3 heteroatoms. The molecule has 0 amide bonds. The average molecular weight is 152 g/mol. The molecule has 1 saturated heterocycles. The molecule has 1 heterocycles. The molecule has 3 atom stereocenters. The van der Waals surface area contributed by atoms with Crippen molar-refractivity contribution in [3.8, 4) is 0 Å². The van der Waals surface area contributed by atoms with Crippen LogP contribution in [0.5, 0.6) is 0 Å². The molecule has 54 valence electrons. The number of alkyl halides is 1. The van der Waals surface area contributed by atoms with Gasteiger partial charge in [-0.25, -0.2) is 4.39 Å². The molecule has 2 rings (SSSR count). The van der Waals surface area contributed by atoms with E-state index < -0.39 is 6.17 Å². The van der Waals surface area contributed by atoms with E-state index in [2.05, 4.69) is 5.32 Å². The smallest absolute Gasteiger partial charge is 0.108 e. The minimum atomic E-state index is -0.454. The first-order chi connectivity index (χ1) is 3.89. The van der Waals surface area contributed by atoms with Crippen molar-refractivity contribution in [1.82, 2.24) is 5.32 Å². The Balaban J connectivity index is 0.000000405. The highest BCUT2D eigenvalue weighted by molar-refractivity contribution is 5.85. The van der Waals surface area contributed by atoms with Crippen LogP contribution in [0.1, 0.15) is 6.42 Å². The summed E-state index contributed by atoms with van der Waals surface area (Å²) < 4.78 is 12.4. The summed E-state index contributed by atoms with van der Waals surface area (Å²) in [5.41, 5.74) is 0. The van der Waals surface area contributed by atoms with Gasteiger partial charge in [0.15, 0.2) is 0 Å². The molecule has 0 radical (unpaired) electrons. The summed E-state index contributed by atoms with van der Waals surface area (Å²) in [5, 5.41) is 3.17. The zero-order chi connectivity index (χ0) is 5.56. The minimum absolute atomic E-state index is 0. The number of piperidine rings is 1. The lowest BCUT2D eigenvalue weighted by Gasteiger charge is -2.07. The lowest BCUT2D eigenvalue weighted by molar-refractivity contribution is 0.435. The van der Waals surface area contributed by atoms with Crippen molar-refractivity contribution in [3.05, 3.63) is 0 Å². The van der Waals surface area contributed by atoms with Gasteiger partial charge in [-0.3, -0.25) is 0 Å². The van der Waals surface area contributed by atoms with Gasteiger partial charge >= 0.3 is 0 Å². The summed E-state index contributed by atoms with van der Waals surface area (Å²) in [7, 11) is 0. The lowest BCUT2D eigenvalue weighted by atomic mass is 10.2. The monoisotopic (exact) mass is 151 g/mol. The van der Waals surface area contributed by atoms with Gasteiger partial charge in [-0.1, -0.05) is 0 Å². The SMILES string of the molecule is Cl.FC1C2CCNCC12. The summed E-state index contributed by atoms with van der Waals surface area (Å²) in [6.45, 7) is 1.95. The van der Waals surface area contributed by atoms with E-state index in [0.717, 1.165) is 19.5 Å². The summed E-state index contributed by atoms with van der Waals surface area (Å²) in [6.07, 6.45) is 0.608. The largest absolute Gasteiger partial charge is 0.316 e. The Hall–Kier alpha value is 0.180. The third-order valence-corrected chi connectivity index (χ3v) is 2.26. The minimum Gasteiger partial charge on any atom is -0.316 e. The van der Waals surface area contributed by atoms with Gasteiger partial charge < -0.3 is 5.32 Å². The zero-order valence-corrected chi connectivity index (χ0v) is 5.96. The van der Waals surface area contributed by atoms with Crippen molar-refractivity contribution in [1.29, 1.82) is 0 Å². The van der Waals surface area contributed by atoms with E-state index in [1.54, 1.807) is 0 Å². The number of hydrogen-bond acceptors (Lipinski definition) is 1. The number of rotatable bonds is 0. The second-order valence-electron chi connectivity index (χ2n) is 2.76. The maximum atomic E-state index is 12.4. The van der Waals surface area contributed by atoms with Crippen LogP contribution in [0.15, 0.2) is 0 Å². The highest BCUT2D eigenvalue weighted by atomic mass is 35.5. The normalized spacial score (nSPS) is 47.0. The van der Waals surface area contributed by atoms with Gasteiger partial charge in [0.05, 0.1) is 0 Å². The van der Waals surface area contributed by atoms with Gasteiger partial charge in [-0.15, -0.1) is 12.4 Å². The van der Waals surface area contributed by atoms with Crippen LogP contribution < -0.4 is 5.32 Å². The molecule has 1 nitrogen and oxygen atoms in total. The Morgan fingerprint density at radius 3 is 2.56 bits per heavy atom. The molecule has 0 aromatic rings. The first-order valence-electron chi connectivity index (χ1n) is 3.24. The van der Waals surface area contributed by atoms with Crippen molar-refractivity contribution >= 4 is 12.4 Å². The van der Waals surface area contributed by atoms with Crippen LogP contribution in [-0.2, 0) is 0 Å². The van der Waals surface area contributed by atoms with Crippen molar-refractivity contribution in [2.45, 2.75) is 12.6 Å². The van der Waals surface area contributed by atoms with Crippen LogP contribution in [0.2, 0.25) is 0 Å². The fourth-order valence-electron chi connectivity index (χ4n) is 1.57. The van der Waals surface area contributed by atoms with Gasteiger partial charge in [0.2, 0.25) is 0 Å². The van der Waals surface area contributed by atoms with Gasteiger partial charge in [0, 0.05) is 12.5 Å². The second kappa shape index (κ2) is 2.43. The Labute approximate surface area is 60.4 Å². The molecule has 0 bridgehead atoms. The first-order valence-corrected chi connectivity index (χ1v) is 3.24.